The maximum Gasteiger partial charge on any atom is 0.165 e. The van der Waals surface area contributed by atoms with E-state index in [0.29, 0.717) is 6.54 Å². The van der Waals surface area contributed by atoms with Gasteiger partial charge < -0.3 is 15.2 Å². The summed E-state index contributed by atoms with van der Waals surface area (Å²) < 4.78 is 18.6. The molecular weight excluding hydrogens is 279 g/mol. The van der Waals surface area contributed by atoms with Crippen LogP contribution >= 0.6 is 11.3 Å². The molecule has 20 heavy (non-hydrogen) atoms. The number of halogens is 1. The zero-order valence-corrected chi connectivity index (χ0v) is 11.9. The van der Waals surface area contributed by atoms with Crippen molar-refractivity contribution in [2.75, 3.05) is 13.2 Å². The fraction of sp³-hybridized carbons (Fsp3) is 0.357. The number of hydrogen-bond donors (Lipinski definition) is 2. The fourth-order valence-corrected chi connectivity index (χ4v) is 2.33. The molecule has 0 aliphatic heterocycles. The summed E-state index contributed by atoms with van der Waals surface area (Å²) in [5.41, 5.74) is 0. The molecule has 2 aromatic rings. The van der Waals surface area contributed by atoms with Crippen LogP contribution in [-0.4, -0.2) is 29.3 Å². The van der Waals surface area contributed by atoms with Crippen LogP contribution in [0.4, 0.5) is 4.39 Å². The van der Waals surface area contributed by atoms with E-state index >= 15 is 0 Å². The number of benzene rings is 1. The zero-order valence-electron chi connectivity index (χ0n) is 11.1. The Morgan fingerprint density at radius 2 is 2.25 bits per heavy atom. The number of aromatic nitrogens is 1. The highest BCUT2D eigenvalue weighted by Crippen LogP contribution is 2.16. The monoisotopic (exact) mass is 296 g/mol. The van der Waals surface area contributed by atoms with Gasteiger partial charge in [0, 0.05) is 18.1 Å². The van der Waals surface area contributed by atoms with Gasteiger partial charge in [-0.2, -0.15) is 0 Å². The van der Waals surface area contributed by atoms with Gasteiger partial charge in [0.2, 0.25) is 0 Å². The van der Waals surface area contributed by atoms with Gasteiger partial charge in [-0.3, -0.25) is 0 Å². The molecular formula is C14H17FN2O2S. The predicted octanol–water partition coefficient (Wildman–Crippen LogP) is 2.37. The minimum absolute atomic E-state index is 0.0402. The molecule has 0 bridgehead atoms. The van der Waals surface area contributed by atoms with Gasteiger partial charge in [0.05, 0.1) is 6.04 Å². The molecule has 2 unspecified atom stereocenters. The number of nitrogens with zero attached hydrogens (tertiary/aromatic N) is 1. The van der Waals surface area contributed by atoms with Gasteiger partial charge in [0.1, 0.15) is 17.7 Å². The Hall–Kier alpha value is -1.50. The molecule has 2 rings (SSSR count). The summed E-state index contributed by atoms with van der Waals surface area (Å²) in [6.07, 6.45) is 1.03. The van der Waals surface area contributed by atoms with Crippen molar-refractivity contribution in [1.29, 1.82) is 0 Å². The Morgan fingerprint density at radius 3 is 2.95 bits per heavy atom. The van der Waals surface area contributed by atoms with Crippen LogP contribution in [0.15, 0.2) is 35.8 Å². The Bertz CT molecular complexity index is 522. The van der Waals surface area contributed by atoms with E-state index in [1.165, 1.54) is 12.1 Å². The van der Waals surface area contributed by atoms with Gasteiger partial charge in [0.15, 0.2) is 11.6 Å². The van der Waals surface area contributed by atoms with E-state index in [9.17, 15) is 9.50 Å². The molecule has 1 aromatic carbocycles. The summed E-state index contributed by atoms with van der Waals surface area (Å²) in [6, 6.07) is 6.21. The first-order valence-electron chi connectivity index (χ1n) is 6.35. The number of ether oxygens (including phenoxy) is 1. The number of rotatable bonds is 7. The van der Waals surface area contributed by atoms with Crippen LogP contribution < -0.4 is 10.1 Å². The second-order valence-electron chi connectivity index (χ2n) is 4.40. The molecule has 2 atom stereocenters. The number of aliphatic hydroxyl groups excluding tert-OH is 1. The Kier molecular flexibility index (Phi) is 5.46. The molecule has 0 saturated carbocycles. The van der Waals surface area contributed by atoms with Crippen LogP contribution in [0.25, 0.3) is 0 Å². The highest BCUT2D eigenvalue weighted by atomic mass is 32.1. The first-order valence-corrected chi connectivity index (χ1v) is 7.23. The zero-order chi connectivity index (χ0) is 14.4. The normalized spacial score (nSPS) is 13.9. The second-order valence-corrected chi connectivity index (χ2v) is 5.32. The van der Waals surface area contributed by atoms with E-state index in [4.69, 9.17) is 4.74 Å². The van der Waals surface area contributed by atoms with Crippen LogP contribution in [0.2, 0.25) is 0 Å². The predicted molar refractivity (Wildman–Crippen MR) is 76.4 cm³/mol. The van der Waals surface area contributed by atoms with Gasteiger partial charge in [-0.15, -0.1) is 11.3 Å². The average Bonchev–Trinajstić information content (AvgIpc) is 2.98. The number of para-hydroxylation sites is 1. The van der Waals surface area contributed by atoms with Gasteiger partial charge in [-0.1, -0.05) is 12.1 Å². The van der Waals surface area contributed by atoms with Crippen molar-refractivity contribution < 1.29 is 14.2 Å². The summed E-state index contributed by atoms with van der Waals surface area (Å²) in [7, 11) is 0. The van der Waals surface area contributed by atoms with Crippen molar-refractivity contribution in [3.63, 3.8) is 0 Å². The molecule has 0 radical (unpaired) electrons. The summed E-state index contributed by atoms with van der Waals surface area (Å²) in [5, 5.41) is 15.9. The number of nitrogens with one attached hydrogen (secondary N) is 1. The van der Waals surface area contributed by atoms with Crippen molar-refractivity contribution in [2.45, 2.75) is 19.1 Å². The Labute approximate surface area is 121 Å². The third-order valence-electron chi connectivity index (χ3n) is 2.75. The van der Waals surface area contributed by atoms with E-state index in [1.54, 1.807) is 29.7 Å². The van der Waals surface area contributed by atoms with E-state index in [2.05, 4.69) is 10.3 Å². The molecule has 0 spiro atoms. The van der Waals surface area contributed by atoms with Gasteiger partial charge in [0.25, 0.3) is 0 Å². The molecule has 108 valence electrons. The second kappa shape index (κ2) is 7.33. The quantitative estimate of drug-likeness (QED) is 0.823. The van der Waals surface area contributed by atoms with Crippen LogP contribution in [0.1, 0.15) is 18.0 Å². The largest absolute Gasteiger partial charge is 0.488 e. The van der Waals surface area contributed by atoms with E-state index in [1.807, 2.05) is 12.3 Å². The molecule has 2 N–H and O–H groups in total. The highest BCUT2D eigenvalue weighted by Gasteiger charge is 2.11. The van der Waals surface area contributed by atoms with Crippen LogP contribution in [-0.2, 0) is 0 Å². The maximum absolute atomic E-state index is 13.3. The molecule has 6 heteroatoms. The molecule has 0 amide bonds. The summed E-state index contributed by atoms with van der Waals surface area (Å²) >= 11 is 1.56. The van der Waals surface area contributed by atoms with E-state index in [0.717, 1.165) is 5.01 Å². The van der Waals surface area contributed by atoms with Gasteiger partial charge >= 0.3 is 0 Å². The number of aliphatic hydroxyl groups is 1. The molecule has 1 heterocycles. The lowest BCUT2D eigenvalue weighted by Gasteiger charge is -2.16. The Balaban J connectivity index is 1.73. The molecule has 0 fully saturated rings. The third kappa shape index (κ3) is 4.26. The lowest BCUT2D eigenvalue weighted by atomic mass is 10.3. The molecule has 4 nitrogen and oxygen atoms in total. The van der Waals surface area contributed by atoms with Crippen LogP contribution in [0.5, 0.6) is 5.75 Å². The first kappa shape index (κ1) is 14.9. The third-order valence-corrected chi connectivity index (χ3v) is 3.71. The standard InChI is InChI=1S/C14H17FN2O2S/c1-10(14-16-6-7-20-14)17-8-11(18)9-19-13-5-3-2-4-12(13)15/h2-7,10-11,17-18H,8-9H2,1H3. The molecule has 0 saturated heterocycles. The molecule has 0 aliphatic rings. The smallest absolute Gasteiger partial charge is 0.165 e. The first-order chi connectivity index (χ1) is 9.66. The van der Waals surface area contributed by atoms with Gasteiger partial charge in [-0.25, -0.2) is 9.37 Å². The maximum atomic E-state index is 13.3. The number of hydrogen-bond acceptors (Lipinski definition) is 5. The molecule has 0 aliphatic carbocycles. The number of thiazole rings is 1. The van der Waals surface area contributed by atoms with Crippen LogP contribution in [0.3, 0.4) is 0 Å². The van der Waals surface area contributed by atoms with Gasteiger partial charge in [-0.05, 0) is 19.1 Å². The average molecular weight is 296 g/mol. The fourth-order valence-electron chi connectivity index (χ4n) is 1.66. The summed E-state index contributed by atoms with van der Waals surface area (Å²) in [5.74, 6) is -0.275. The topological polar surface area (TPSA) is 54.4 Å². The van der Waals surface area contributed by atoms with Crippen LogP contribution in [0, 0.1) is 5.82 Å². The summed E-state index contributed by atoms with van der Waals surface area (Å²) in [4.78, 5) is 4.19. The Morgan fingerprint density at radius 1 is 1.45 bits per heavy atom. The van der Waals surface area contributed by atoms with E-state index in [-0.39, 0.29) is 18.4 Å². The minimum Gasteiger partial charge on any atom is -0.488 e. The van der Waals surface area contributed by atoms with Crippen molar-refractivity contribution in [1.82, 2.24) is 10.3 Å². The van der Waals surface area contributed by atoms with E-state index < -0.39 is 11.9 Å². The lowest BCUT2D eigenvalue weighted by Crippen LogP contribution is -2.33. The van der Waals surface area contributed by atoms with Crippen molar-refractivity contribution in [3.8, 4) is 5.75 Å². The van der Waals surface area contributed by atoms with Crippen molar-refractivity contribution in [2.24, 2.45) is 0 Å². The molecule has 1 aromatic heterocycles. The SMILES string of the molecule is CC(NCC(O)COc1ccccc1F)c1nccs1. The van der Waals surface area contributed by atoms with Crippen molar-refractivity contribution in [3.05, 3.63) is 46.7 Å². The lowest BCUT2D eigenvalue weighted by molar-refractivity contribution is 0.102. The minimum atomic E-state index is -0.711. The summed E-state index contributed by atoms with van der Waals surface area (Å²) in [6.45, 7) is 2.37. The highest BCUT2D eigenvalue weighted by molar-refractivity contribution is 7.09. The van der Waals surface area contributed by atoms with Crippen molar-refractivity contribution >= 4 is 11.3 Å².